The van der Waals surface area contributed by atoms with Gasteiger partial charge in [-0.05, 0) is 71.5 Å². The number of carbonyl (C=O) groups is 1. The molecule has 32 heavy (non-hydrogen) atoms. The number of piperidine rings is 1. The smallest absolute Gasteiger partial charge is 0.233 e. The molecule has 4 heterocycles. The number of rotatable bonds is 7. The van der Waals surface area contributed by atoms with E-state index in [2.05, 4.69) is 30.5 Å². The first-order valence-corrected chi connectivity index (χ1v) is 13.9. The van der Waals surface area contributed by atoms with Gasteiger partial charge in [0.25, 0.3) is 0 Å². The van der Waals surface area contributed by atoms with E-state index in [1.165, 1.54) is 16.7 Å². The zero-order chi connectivity index (χ0) is 22.6. The Balaban J connectivity index is 1.22. The van der Waals surface area contributed by atoms with Crippen LogP contribution in [0.25, 0.3) is 6.08 Å². The molecule has 1 N–H and O–H groups in total. The van der Waals surface area contributed by atoms with E-state index in [1.807, 2.05) is 29.2 Å². The number of pyridine rings is 1. The highest BCUT2D eigenvalue weighted by molar-refractivity contribution is 9.11. The first kappa shape index (κ1) is 23.4. The molecule has 2 aromatic rings. The second-order valence-electron chi connectivity index (χ2n) is 8.24. The Hall–Kier alpha value is -1.75. The van der Waals surface area contributed by atoms with Crippen LogP contribution >= 0.6 is 27.3 Å². The highest BCUT2D eigenvalue weighted by Gasteiger charge is 2.33. The van der Waals surface area contributed by atoms with Crippen LogP contribution < -0.4 is 9.62 Å². The molecule has 0 saturated carbocycles. The van der Waals surface area contributed by atoms with Gasteiger partial charge in [-0.2, -0.15) is 0 Å². The van der Waals surface area contributed by atoms with Gasteiger partial charge < -0.3 is 9.80 Å². The number of sulfonamides is 1. The molecule has 1 amide bonds. The van der Waals surface area contributed by atoms with Crippen LogP contribution in [0.3, 0.4) is 0 Å². The molecular weight excluding hydrogens is 512 g/mol. The van der Waals surface area contributed by atoms with Gasteiger partial charge in [-0.25, -0.2) is 13.1 Å². The van der Waals surface area contributed by atoms with Crippen molar-refractivity contribution in [3.05, 3.63) is 50.7 Å². The zero-order valence-electron chi connectivity index (χ0n) is 17.7. The Bertz CT molecular complexity index is 1050. The van der Waals surface area contributed by atoms with Crippen molar-refractivity contribution in [2.24, 2.45) is 11.8 Å². The van der Waals surface area contributed by atoms with Gasteiger partial charge in [0, 0.05) is 67.0 Å². The zero-order valence-corrected chi connectivity index (χ0v) is 20.9. The molecule has 0 bridgehead atoms. The van der Waals surface area contributed by atoms with Crippen molar-refractivity contribution in [1.82, 2.24) is 14.6 Å². The standard InChI is InChI=1S/C22H27BrN4O3S2/c23-21-2-1-20(31-21)8-14-32(29,30)25-15-17-5-11-27(16-17)22(28)18-6-12-26(13-7-18)19-3-9-24-10-4-19/h1-4,8-10,14,17-18,25H,5-7,11-13,15-16H2/b14-8+. The van der Waals surface area contributed by atoms with Gasteiger partial charge in [-0.15, -0.1) is 11.3 Å². The van der Waals surface area contributed by atoms with Crippen LogP contribution in [0.4, 0.5) is 5.69 Å². The number of hydrogen-bond donors (Lipinski definition) is 1. The summed E-state index contributed by atoms with van der Waals surface area (Å²) in [5, 5.41) is 1.21. The molecule has 2 saturated heterocycles. The highest BCUT2D eigenvalue weighted by Crippen LogP contribution is 2.27. The first-order valence-electron chi connectivity index (χ1n) is 10.8. The highest BCUT2D eigenvalue weighted by atomic mass is 79.9. The van der Waals surface area contributed by atoms with Crippen LogP contribution in [0.1, 0.15) is 24.1 Å². The lowest BCUT2D eigenvalue weighted by atomic mass is 9.95. The van der Waals surface area contributed by atoms with Gasteiger partial charge >= 0.3 is 0 Å². The number of anilines is 1. The summed E-state index contributed by atoms with van der Waals surface area (Å²) in [6, 6.07) is 7.76. The molecule has 1 atom stereocenters. The molecular formula is C22H27BrN4O3S2. The van der Waals surface area contributed by atoms with Crippen LogP contribution in [0, 0.1) is 11.8 Å². The third kappa shape index (κ3) is 6.18. The number of nitrogens with zero attached hydrogens (tertiary/aromatic N) is 3. The summed E-state index contributed by atoms with van der Waals surface area (Å²) in [6.07, 6.45) is 7.70. The van der Waals surface area contributed by atoms with Gasteiger partial charge in [0.05, 0.1) is 3.79 Å². The molecule has 0 aliphatic carbocycles. The Morgan fingerprint density at radius 3 is 2.59 bits per heavy atom. The predicted octanol–water partition coefficient (Wildman–Crippen LogP) is 3.56. The Morgan fingerprint density at radius 1 is 1.16 bits per heavy atom. The normalized spacial score (nSPS) is 20.3. The molecule has 10 heteroatoms. The van der Waals surface area contributed by atoms with E-state index in [1.54, 1.807) is 18.5 Å². The second kappa shape index (κ2) is 10.5. The molecule has 2 aromatic heterocycles. The first-order chi connectivity index (χ1) is 15.4. The van der Waals surface area contributed by atoms with E-state index in [9.17, 15) is 13.2 Å². The fourth-order valence-corrected chi connectivity index (χ4v) is 6.56. The van der Waals surface area contributed by atoms with Crippen molar-refractivity contribution in [1.29, 1.82) is 0 Å². The van der Waals surface area contributed by atoms with Gasteiger partial charge in [-0.1, -0.05) is 0 Å². The molecule has 0 spiro atoms. The number of amides is 1. The van der Waals surface area contributed by atoms with Crippen molar-refractivity contribution >= 4 is 55.0 Å². The summed E-state index contributed by atoms with van der Waals surface area (Å²) in [5.74, 6) is 0.416. The van der Waals surface area contributed by atoms with Crippen LogP contribution in [-0.2, 0) is 14.8 Å². The maximum absolute atomic E-state index is 13.0. The van der Waals surface area contributed by atoms with Crippen molar-refractivity contribution in [2.45, 2.75) is 19.3 Å². The number of carbonyl (C=O) groups excluding carboxylic acids is 1. The summed E-state index contributed by atoms with van der Waals surface area (Å²) in [6.45, 7) is 3.41. The Kier molecular flexibility index (Phi) is 7.65. The average molecular weight is 540 g/mol. The fourth-order valence-electron chi connectivity index (χ4n) is 4.25. The lowest BCUT2D eigenvalue weighted by Crippen LogP contribution is -2.42. The quantitative estimate of drug-likeness (QED) is 0.582. The minimum Gasteiger partial charge on any atom is -0.371 e. The van der Waals surface area contributed by atoms with Crippen molar-refractivity contribution in [2.75, 3.05) is 37.6 Å². The van der Waals surface area contributed by atoms with Crippen LogP contribution in [0.15, 0.2) is 45.9 Å². The van der Waals surface area contributed by atoms with E-state index in [0.717, 1.165) is 46.7 Å². The molecule has 4 rings (SSSR count). The predicted molar refractivity (Wildman–Crippen MR) is 132 cm³/mol. The summed E-state index contributed by atoms with van der Waals surface area (Å²) >= 11 is 4.85. The summed E-state index contributed by atoms with van der Waals surface area (Å²) in [7, 11) is -3.50. The molecule has 2 aliphatic heterocycles. The molecule has 0 radical (unpaired) electrons. The Morgan fingerprint density at radius 2 is 1.91 bits per heavy atom. The molecule has 7 nitrogen and oxygen atoms in total. The van der Waals surface area contributed by atoms with E-state index in [4.69, 9.17) is 0 Å². The van der Waals surface area contributed by atoms with E-state index in [-0.39, 0.29) is 17.7 Å². The van der Waals surface area contributed by atoms with Crippen molar-refractivity contribution in [3.8, 4) is 0 Å². The van der Waals surface area contributed by atoms with Crippen LogP contribution in [0.5, 0.6) is 0 Å². The van der Waals surface area contributed by atoms with E-state index >= 15 is 0 Å². The lowest BCUT2D eigenvalue weighted by Gasteiger charge is -2.34. The third-order valence-electron chi connectivity index (χ3n) is 6.05. The topological polar surface area (TPSA) is 82.6 Å². The molecule has 172 valence electrons. The maximum Gasteiger partial charge on any atom is 0.233 e. The van der Waals surface area contributed by atoms with Gasteiger partial charge in [0.2, 0.25) is 15.9 Å². The Labute approximate surface area is 201 Å². The summed E-state index contributed by atoms with van der Waals surface area (Å²) < 4.78 is 28.2. The molecule has 2 fully saturated rings. The number of thiophene rings is 1. The molecule has 2 aliphatic rings. The van der Waals surface area contributed by atoms with E-state index in [0.29, 0.717) is 19.6 Å². The number of hydrogen-bond acceptors (Lipinski definition) is 6. The van der Waals surface area contributed by atoms with Gasteiger partial charge in [0.15, 0.2) is 0 Å². The SMILES string of the molecule is O=C(C1CCN(c2ccncc2)CC1)N1CCC(CNS(=O)(=O)/C=C/c2ccc(Br)s2)C1. The largest absolute Gasteiger partial charge is 0.371 e. The fraction of sp³-hybridized carbons (Fsp3) is 0.455. The lowest BCUT2D eigenvalue weighted by molar-refractivity contribution is -0.135. The second-order valence-corrected chi connectivity index (χ2v) is 12.4. The number of aromatic nitrogens is 1. The van der Waals surface area contributed by atoms with Crippen molar-refractivity contribution < 1.29 is 13.2 Å². The summed E-state index contributed by atoms with van der Waals surface area (Å²) in [4.78, 5) is 22.2. The van der Waals surface area contributed by atoms with Gasteiger partial charge in [0.1, 0.15) is 0 Å². The van der Waals surface area contributed by atoms with Gasteiger partial charge in [-0.3, -0.25) is 9.78 Å². The number of nitrogens with one attached hydrogen (secondary N) is 1. The average Bonchev–Trinajstić information content (AvgIpc) is 3.46. The van der Waals surface area contributed by atoms with Crippen LogP contribution in [-0.4, -0.2) is 56.9 Å². The minimum absolute atomic E-state index is 0.0524. The number of likely N-dealkylation sites (tertiary alicyclic amines) is 1. The monoisotopic (exact) mass is 538 g/mol. The molecule has 0 aromatic carbocycles. The summed E-state index contributed by atoms with van der Waals surface area (Å²) in [5.41, 5.74) is 1.15. The third-order valence-corrected chi connectivity index (χ3v) is 8.70. The van der Waals surface area contributed by atoms with Crippen LogP contribution in [0.2, 0.25) is 0 Å². The molecule has 1 unspecified atom stereocenters. The van der Waals surface area contributed by atoms with Crippen molar-refractivity contribution in [3.63, 3.8) is 0 Å². The van der Waals surface area contributed by atoms with E-state index < -0.39 is 10.0 Å². The minimum atomic E-state index is -3.50. The maximum atomic E-state index is 13.0. The number of halogens is 1.